The van der Waals surface area contributed by atoms with E-state index in [4.69, 9.17) is 4.52 Å². The summed E-state index contributed by atoms with van der Waals surface area (Å²) in [5, 5.41) is 9.60. The van der Waals surface area contributed by atoms with E-state index in [2.05, 4.69) is 27.9 Å². The molecule has 1 amide bonds. The van der Waals surface area contributed by atoms with Crippen molar-refractivity contribution in [3.05, 3.63) is 47.4 Å². The van der Waals surface area contributed by atoms with Crippen molar-refractivity contribution in [2.75, 3.05) is 13.1 Å². The minimum absolute atomic E-state index is 0.102. The van der Waals surface area contributed by atoms with E-state index in [0.29, 0.717) is 12.2 Å². The number of aryl methyl sites for hydroxylation is 2. The molecule has 1 aromatic carbocycles. The van der Waals surface area contributed by atoms with E-state index in [0.717, 1.165) is 41.7 Å². The van der Waals surface area contributed by atoms with Gasteiger partial charge in [0.15, 0.2) is 5.58 Å². The molecule has 25 heavy (non-hydrogen) atoms. The van der Waals surface area contributed by atoms with Crippen molar-refractivity contribution in [2.45, 2.75) is 39.2 Å². The van der Waals surface area contributed by atoms with Crippen molar-refractivity contribution in [3.8, 4) is 0 Å². The second kappa shape index (κ2) is 6.35. The summed E-state index contributed by atoms with van der Waals surface area (Å²) in [6.07, 6.45) is 2.33. The normalized spacial score (nSPS) is 18.0. The number of fused-ring (bicyclic) bond motifs is 1. The maximum absolute atomic E-state index is 12.8. The van der Waals surface area contributed by atoms with E-state index < -0.39 is 0 Å². The number of benzene rings is 1. The van der Waals surface area contributed by atoms with Gasteiger partial charge in [-0.3, -0.25) is 9.48 Å². The van der Waals surface area contributed by atoms with E-state index in [9.17, 15) is 4.79 Å². The smallest absolute Gasteiger partial charge is 0.228 e. The molecule has 130 valence electrons. The van der Waals surface area contributed by atoms with Crippen molar-refractivity contribution < 1.29 is 9.32 Å². The number of nitrogens with zero attached hydrogens (tertiary/aromatic N) is 4. The average Bonchev–Trinajstić information content (AvgIpc) is 3.18. The summed E-state index contributed by atoms with van der Waals surface area (Å²) in [6.45, 7) is 5.58. The van der Waals surface area contributed by atoms with Gasteiger partial charge in [-0.1, -0.05) is 17.3 Å². The van der Waals surface area contributed by atoms with Crippen LogP contribution in [-0.4, -0.2) is 38.8 Å². The van der Waals surface area contributed by atoms with Crippen molar-refractivity contribution in [2.24, 2.45) is 0 Å². The highest BCUT2D eigenvalue weighted by Gasteiger charge is 2.27. The fourth-order valence-electron chi connectivity index (χ4n) is 3.72. The third-order valence-corrected chi connectivity index (χ3v) is 4.91. The second-order valence-corrected chi connectivity index (χ2v) is 6.81. The molecule has 0 aliphatic carbocycles. The molecule has 4 rings (SSSR count). The van der Waals surface area contributed by atoms with E-state index in [1.54, 1.807) is 0 Å². The Bertz CT molecular complexity index is 911. The summed E-state index contributed by atoms with van der Waals surface area (Å²) in [5.41, 5.74) is 3.62. The van der Waals surface area contributed by atoms with E-state index in [-0.39, 0.29) is 18.4 Å². The van der Waals surface area contributed by atoms with E-state index in [1.165, 1.54) is 0 Å². The zero-order valence-corrected chi connectivity index (χ0v) is 14.6. The van der Waals surface area contributed by atoms with Gasteiger partial charge in [0.25, 0.3) is 0 Å². The first-order valence-corrected chi connectivity index (χ1v) is 8.75. The lowest BCUT2D eigenvalue weighted by Gasteiger charge is -2.33. The lowest BCUT2D eigenvalue weighted by atomic mass is 10.0. The monoisotopic (exact) mass is 338 g/mol. The molecule has 1 aliphatic heterocycles. The Morgan fingerprint density at radius 2 is 2.16 bits per heavy atom. The molecule has 0 N–H and O–H groups in total. The molecule has 1 atom stereocenters. The summed E-state index contributed by atoms with van der Waals surface area (Å²) >= 11 is 0. The van der Waals surface area contributed by atoms with Gasteiger partial charge in [0.05, 0.1) is 18.2 Å². The summed E-state index contributed by atoms with van der Waals surface area (Å²) in [4.78, 5) is 14.7. The van der Waals surface area contributed by atoms with Crippen LogP contribution in [-0.2, 0) is 11.2 Å². The van der Waals surface area contributed by atoms with E-state index in [1.807, 2.05) is 36.1 Å². The minimum atomic E-state index is 0.102. The number of likely N-dealkylation sites (tertiary alicyclic amines) is 1. The SMILES string of the molecule is Cc1cc(C)n([C@@H]2CCCN(C(=O)Cc3noc4ccccc34)C2)n1. The average molecular weight is 338 g/mol. The van der Waals surface area contributed by atoms with Crippen LogP contribution in [0.15, 0.2) is 34.9 Å². The maximum atomic E-state index is 12.8. The van der Waals surface area contributed by atoms with Gasteiger partial charge in [-0.15, -0.1) is 0 Å². The second-order valence-electron chi connectivity index (χ2n) is 6.81. The van der Waals surface area contributed by atoms with Crippen LogP contribution in [0.2, 0.25) is 0 Å². The number of rotatable bonds is 3. The van der Waals surface area contributed by atoms with E-state index >= 15 is 0 Å². The lowest BCUT2D eigenvalue weighted by Crippen LogP contribution is -2.42. The van der Waals surface area contributed by atoms with Gasteiger partial charge in [0, 0.05) is 24.2 Å². The fraction of sp³-hybridized carbons (Fsp3) is 0.421. The molecule has 1 saturated heterocycles. The molecule has 0 bridgehead atoms. The first-order valence-electron chi connectivity index (χ1n) is 8.75. The van der Waals surface area contributed by atoms with Crippen LogP contribution in [0.25, 0.3) is 11.0 Å². The highest BCUT2D eigenvalue weighted by molar-refractivity contribution is 5.86. The Morgan fingerprint density at radius 3 is 2.96 bits per heavy atom. The van der Waals surface area contributed by atoms with Gasteiger partial charge in [-0.2, -0.15) is 5.10 Å². The van der Waals surface area contributed by atoms with Crippen LogP contribution in [0.4, 0.5) is 0 Å². The molecule has 0 radical (unpaired) electrons. The standard InChI is InChI=1S/C19H22N4O2/c1-13-10-14(2)23(20-13)15-6-5-9-22(12-15)19(24)11-17-16-7-3-4-8-18(16)25-21-17/h3-4,7-8,10,15H,5-6,9,11-12H2,1-2H3/t15-/m1/s1. The van der Waals surface area contributed by atoms with Crippen molar-refractivity contribution in [1.29, 1.82) is 0 Å². The molecule has 6 nitrogen and oxygen atoms in total. The Morgan fingerprint density at radius 1 is 1.32 bits per heavy atom. The molecule has 0 unspecified atom stereocenters. The summed E-state index contributed by atoms with van der Waals surface area (Å²) in [5.74, 6) is 0.102. The Kier molecular flexibility index (Phi) is 4.03. The van der Waals surface area contributed by atoms with Crippen LogP contribution >= 0.6 is 0 Å². The van der Waals surface area contributed by atoms with Crippen molar-refractivity contribution in [1.82, 2.24) is 19.8 Å². The number of piperidine rings is 1. The number of carbonyl (C=O) groups is 1. The summed E-state index contributed by atoms with van der Waals surface area (Å²) < 4.78 is 7.38. The molecule has 3 aromatic rings. The Balaban J connectivity index is 1.49. The Hall–Kier alpha value is -2.63. The molecule has 3 heterocycles. The van der Waals surface area contributed by atoms with Gasteiger partial charge in [0.2, 0.25) is 5.91 Å². The maximum Gasteiger partial charge on any atom is 0.228 e. The summed E-state index contributed by atoms with van der Waals surface area (Å²) in [7, 11) is 0. The lowest BCUT2D eigenvalue weighted by molar-refractivity contribution is -0.132. The topological polar surface area (TPSA) is 64.2 Å². The van der Waals surface area contributed by atoms with Gasteiger partial charge >= 0.3 is 0 Å². The quantitative estimate of drug-likeness (QED) is 0.736. The van der Waals surface area contributed by atoms with Crippen LogP contribution in [0.5, 0.6) is 0 Å². The molecule has 0 spiro atoms. The number of hydrogen-bond donors (Lipinski definition) is 0. The predicted molar refractivity (Wildman–Crippen MR) is 94.3 cm³/mol. The molecular formula is C19H22N4O2. The summed E-state index contributed by atoms with van der Waals surface area (Å²) in [6, 6.07) is 10.00. The zero-order valence-electron chi connectivity index (χ0n) is 14.6. The number of hydrogen-bond acceptors (Lipinski definition) is 4. The van der Waals surface area contributed by atoms with Crippen molar-refractivity contribution >= 4 is 16.9 Å². The molecule has 6 heteroatoms. The third-order valence-electron chi connectivity index (χ3n) is 4.91. The third kappa shape index (κ3) is 3.04. The first kappa shape index (κ1) is 15.9. The van der Waals surface area contributed by atoms with Crippen molar-refractivity contribution in [3.63, 3.8) is 0 Å². The largest absolute Gasteiger partial charge is 0.356 e. The molecule has 1 fully saturated rings. The number of para-hydroxylation sites is 1. The molecule has 0 saturated carbocycles. The van der Waals surface area contributed by atoms with Gasteiger partial charge < -0.3 is 9.42 Å². The fourth-order valence-corrected chi connectivity index (χ4v) is 3.72. The number of aromatic nitrogens is 3. The van der Waals surface area contributed by atoms with Gasteiger partial charge in [-0.25, -0.2) is 0 Å². The zero-order chi connectivity index (χ0) is 17.4. The van der Waals surface area contributed by atoms with Crippen LogP contribution < -0.4 is 0 Å². The highest BCUT2D eigenvalue weighted by Crippen LogP contribution is 2.24. The van der Waals surface area contributed by atoms with Crippen LogP contribution in [0, 0.1) is 13.8 Å². The molecular weight excluding hydrogens is 316 g/mol. The predicted octanol–water partition coefficient (Wildman–Crippen LogP) is 3.05. The number of amides is 1. The van der Waals surface area contributed by atoms with Crippen LogP contribution in [0.1, 0.15) is 36.0 Å². The van der Waals surface area contributed by atoms with Gasteiger partial charge in [0.1, 0.15) is 5.69 Å². The highest BCUT2D eigenvalue weighted by atomic mass is 16.5. The number of carbonyl (C=O) groups excluding carboxylic acids is 1. The van der Waals surface area contributed by atoms with Crippen LogP contribution in [0.3, 0.4) is 0 Å². The molecule has 1 aliphatic rings. The molecule has 2 aromatic heterocycles. The minimum Gasteiger partial charge on any atom is -0.356 e. The first-order chi connectivity index (χ1) is 12.1. The van der Waals surface area contributed by atoms with Gasteiger partial charge in [-0.05, 0) is 44.9 Å². The Labute approximate surface area is 146 Å².